The van der Waals surface area contributed by atoms with Crippen LogP contribution in [0.15, 0.2) is 30.3 Å². The van der Waals surface area contributed by atoms with Gasteiger partial charge in [0.05, 0.1) is 26.1 Å². The lowest BCUT2D eigenvalue weighted by molar-refractivity contribution is -0.156. The van der Waals surface area contributed by atoms with Crippen molar-refractivity contribution in [3.05, 3.63) is 35.9 Å². The summed E-state index contributed by atoms with van der Waals surface area (Å²) in [6, 6.07) is 10.4. The lowest BCUT2D eigenvalue weighted by Gasteiger charge is -2.41. The topological polar surface area (TPSA) is 65.1 Å². The molecule has 0 unspecified atom stereocenters. The third kappa shape index (κ3) is 25.4. The fourth-order valence-corrected chi connectivity index (χ4v) is 8.57. The summed E-state index contributed by atoms with van der Waals surface area (Å²) in [5.74, 6) is 0.404. The Morgan fingerprint density at radius 3 is 1.70 bits per heavy atom. The van der Waals surface area contributed by atoms with E-state index in [-0.39, 0.29) is 18.0 Å². The molecular weight excluding hydrogens is 695 g/mol. The van der Waals surface area contributed by atoms with Crippen LogP contribution in [0.1, 0.15) is 219 Å². The molecule has 0 saturated carbocycles. The Hall–Kier alpha value is -1.92. The first kappa shape index (κ1) is 50.2. The van der Waals surface area contributed by atoms with Crippen molar-refractivity contribution in [1.29, 1.82) is 0 Å². The summed E-state index contributed by atoms with van der Waals surface area (Å²) >= 11 is 0. The zero-order valence-corrected chi connectivity index (χ0v) is 37.3. The fraction of sp³-hybridized carbons (Fsp3) is 0.840. The van der Waals surface area contributed by atoms with Gasteiger partial charge in [-0.25, -0.2) is 0 Å². The zero-order valence-electron chi connectivity index (χ0n) is 37.3. The number of ether oxygens (including phenoxy) is 3. The maximum absolute atomic E-state index is 13.9. The molecule has 1 heterocycles. The minimum Gasteiger partial charge on any atom is -0.466 e. The van der Waals surface area contributed by atoms with E-state index in [4.69, 9.17) is 14.2 Å². The molecule has 6 heteroatoms. The second-order valence-electron chi connectivity index (χ2n) is 17.5. The number of nitrogens with zero attached hydrogens (tertiary/aromatic N) is 1. The van der Waals surface area contributed by atoms with E-state index < -0.39 is 5.41 Å². The van der Waals surface area contributed by atoms with Gasteiger partial charge < -0.3 is 19.1 Å². The number of benzene rings is 1. The Bertz CT molecular complexity index is 1030. The smallest absolute Gasteiger partial charge is 0.306 e. The van der Waals surface area contributed by atoms with Gasteiger partial charge in [0.15, 0.2) is 0 Å². The number of piperidine rings is 1. The molecule has 6 nitrogen and oxygen atoms in total. The quantitative estimate of drug-likeness (QED) is 0.0495. The molecule has 1 saturated heterocycles. The lowest BCUT2D eigenvalue weighted by atomic mass is 9.73. The fourth-order valence-electron chi connectivity index (χ4n) is 8.57. The highest BCUT2D eigenvalue weighted by atomic mass is 16.5. The molecule has 0 spiro atoms. The number of carbonyl (C=O) groups is 2. The number of unbranched alkanes of at least 4 members (excludes halogenated alkanes) is 15. The number of likely N-dealkylation sites (tertiary alicyclic amines) is 1. The Morgan fingerprint density at radius 1 is 0.589 bits per heavy atom. The van der Waals surface area contributed by atoms with Crippen molar-refractivity contribution in [2.75, 3.05) is 32.8 Å². The minimum atomic E-state index is -0.393. The highest BCUT2D eigenvalue weighted by molar-refractivity contribution is 5.74. The van der Waals surface area contributed by atoms with Crippen LogP contribution in [0.5, 0.6) is 0 Å². The third-order valence-corrected chi connectivity index (χ3v) is 12.4. The van der Waals surface area contributed by atoms with Crippen molar-refractivity contribution in [2.45, 2.75) is 227 Å². The molecule has 324 valence electrons. The van der Waals surface area contributed by atoms with E-state index in [1.54, 1.807) is 0 Å². The number of esters is 2. The summed E-state index contributed by atoms with van der Waals surface area (Å²) in [7, 11) is 0. The maximum atomic E-state index is 13.9. The standard InChI is InChI=1S/C50H89NO5/c1-5-9-13-15-17-24-32-47(33-25-18-16-14-10-6-2)56-49(53)43-50(42-48(52)55-41-34-45(28-20-11-7-3)29-21-12-8-4)35-38-51(39-36-50)37-26-27-40-54-44-46-30-22-19-23-31-46/h19,22-23,30-31,45,47H,5-18,20-21,24-29,32-44H2,1-4H3. The van der Waals surface area contributed by atoms with Crippen molar-refractivity contribution >= 4 is 11.9 Å². The molecule has 0 N–H and O–H groups in total. The Kier molecular flexibility index (Phi) is 30.5. The second kappa shape index (κ2) is 34.0. The molecule has 2 rings (SSSR count). The number of carbonyl (C=O) groups excluding carboxylic acids is 2. The van der Waals surface area contributed by atoms with Crippen LogP contribution in [-0.4, -0.2) is 55.8 Å². The molecular formula is C50H89NO5. The molecule has 0 amide bonds. The second-order valence-corrected chi connectivity index (χ2v) is 17.5. The van der Waals surface area contributed by atoms with Crippen molar-refractivity contribution in [3.8, 4) is 0 Å². The van der Waals surface area contributed by atoms with E-state index in [1.165, 1.54) is 121 Å². The monoisotopic (exact) mass is 784 g/mol. The molecule has 1 aromatic carbocycles. The first-order chi connectivity index (χ1) is 27.4. The van der Waals surface area contributed by atoms with E-state index in [2.05, 4.69) is 56.9 Å². The summed E-state index contributed by atoms with van der Waals surface area (Å²) in [6.07, 6.45) is 32.3. The van der Waals surface area contributed by atoms with Gasteiger partial charge in [-0.3, -0.25) is 9.59 Å². The van der Waals surface area contributed by atoms with Gasteiger partial charge in [0.1, 0.15) is 6.10 Å². The molecule has 0 bridgehead atoms. The van der Waals surface area contributed by atoms with Crippen LogP contribution in [0, 0.1) is 11.3 Å². The van der Waals surface area contributed by atoms with Crippen LogP contribution in [0.25, 0.3) is 0 Å². The van der Waals surface area contributed by atoms with Crippen molar-refractivity contribution in [2.24, 2.45) is 11.3 Å². The molecule has 0 aliphatic carbocycles. The third-order valence-electron chi connectivity index (χ3n) is 12.4. The van der Waals surface area contributed by atoms with Crippen LogP contribution in [0.4, 0.5) is 0 Å². The molecule has 1 aromatic rings. The molecule has 0 atom stereocenters. The molecule has 0 aromatic heterocycles. The maximum Gasteiger partial charge on any atom is 0.306 e. The number of rotatable bonds is 37. The molecule has 1 fully saturated rings. The van der Waals surface area contributed by atoms with Crippen molar-refractivity contribution in [3.63, 3.8) is 0 Å². The highest BCUT2D eigenvalue weighted by Gasteiger charge is 2.40. The first-order valence-electron chi connectivity index (χ1n) is 24.1. The van der Waals surface area contributed by atoms with Gasteiger partial charge in [0.2, 0.25) is 0 Å². The molecule has 1 aliphatic rings. The SMILES string of the molecule is CCCCCCCCC(CCCCCCCC)OC(=O)CC1(CC(=O)OCCC(CCCCC)CCCCC)CCN(CCCCOCc2ccccc2)CC1. The van der Waals surface area contributed by atoms with Crippen LogP contribution < -0.4 is 0 Å². The summed E-state index contributed by atoms with van der Waals surface area (Å²) in [5, 5.41) is 0. The summed E-state index contributed by atoms with van der Waals surface area (Å²) < 4.78 is 18.3. The van der Waals surface area contributed by atoms with Crippen LogP contribution >= 0.6 is 0 Å². The number of hydrogen-bond donors (Lipinski definition) is 0. The van der Waals surface area contributed by atoms with Gasteiger partial charge in [0.25, 0.3) is 0 Å². The predicted octanol–water partition coefficient (Wildman–Crippen LogP) is 14.0. The largest absolute Gasteiger partial charge is 0.466 e. The highest BCUT2D eigenvalue weighted by Crippen LogP contribution is 2.40. The first-order valence-corrected chi connectivity index (χ1v) is 24.1. The van der Waals surface area contributed by atoms with E-state index >= 15 is 0 Å². The molecule has 0 radical (unpaired) electrons. The Labute approximate surface area is 346 Å². The predicted molar refractivity (Wildman–Crippen MR) is 236 cm³/mol. The van der Waals surface area contributed by atoms with Gasteiger partial charge >= 0.3 is 11.9 Å². The van der Waals surface area contributed by atoms with E-state index in [0.717, 1.165) is 84.0 Å². The average molecular weight is 784 g/mol. The van der Waals surface area contributed by atoms with E-state index in [9.17, 15) is 9.59 Å². The Balaban J connectivity index is 1.98. The van der Waals surface area contributed by atoms with Gasteiger partial charge in [-0.2, -0.15) is 0 Å². The number of hydrogen-bond acceptors (Lipinski definition) is 6. The van der Waals surface area contributed by atoms with E-state index in [1.807, 2.05) is 6.07 Å². The van der Waals surface area contributed by atoms with Gasteiger partial charge in [-0.15, -0.1) is 0 Å². The molecule has 1 aliphatic heterocycles. The minimum absolute atomic E-state index is 0.00889. The van der Waals surface area contributed by atoms with E-state index in [0.29, 0.717) is 32.0 Å². The summed E-state index contributed by atoms with van der Waals surface area (Å²) in [5.41, 5.74) is 0.822. The van der Waals surface area contributed by atoms with Crippen LogP contribution in [0.3, 0.4) is 0 Å². The lowest BCUT2D eigenvalue weighted by Crippen LogP contribution is -2.43. The van der Waals surface area contributed by atoms with Gasteiger partial charge in [-0.1, -0.05) is 174 Å². The normalized spacial score (nSPS) is 14.5. The van der Waals surface area contributed by atoms with Crippen molar-refractivity contribution in [1.82, 2.24) is 4.90 Å². The zero-order chi connectivity index (χ0) is 40.4. The molecule has 56 heavy (non-hydrogen) atoms. The van der Waals surface area contributed by atoms with Gasteiger partial charge in [-0.05, 0) is 94.3 Å². The van der Waals surface area contributed by atoms with Gasteiger partial charge in [0, 0.05) is 6.61 Å². The van der Waals surface area contributed by atoms with Crippen LogP contribution in [-0.2, 0) is 30.4 Å². The summed E-state index contributed by atoms with van der Waals surface area (Å²) in [6.45, 7) is 13.8. The van der Waals surface area contributed by atoms with Crippen molar-refractivity contribution < 1.29 is 23.8 Å². The average Bonchev–Trinajstić information content (AvgIpc) is 3.19. The summed E-state index contributed by atoms with van der Waals surface area (Å²) in [4.78, 5) is 30.0. The van der Waals surface area contributed by atoms with Crippen LogP contribution in [0.2, 0.25) is 0 Å². The Morgan fingerprint density at radius 2 is 1.11 bits per heavy atom.